The molecule has 0 aliphatic carbocycles. The normalized spacial score (nSPS) is 14.7. The summed E-state index contributed by atoms with van der Waals surface area (Å²) in [5.74, 6) is 1.05. The predicted molar refractivity (Wildman–Crippen MR) is 57.5 cm³/mol. The predicted octanol–water partition coefficient (Wildman–Crippen LogP) is 1.54. The first-order chi connectivity index (χ1) is 7.47. The van der Waals surface area contributed by atoms with Crippen molar-refractivity contribution < 1.29 is 0 Å². The van der Waals surface area contributed by atoms with E-state index in [0.29, 0.717) is 0 Å². The lowest BCUT2D eigenvalue weighted by Crippen LogP contribution is -2.02. The first-order valence-electron chi connectivity index (χ1n) is 5.04. The van der Waals surface area contributed by atoms with Crippen molar-refractivity contribution in [3.63, 3.8) is 0 Å². The highest BCUT2D eigenvalue weighted by molar-refractivity contribution is 7.07. The summed E-state index contributed by atoms with van der Waals surface area (Å²) >= 11 is 1.60. The number of rotatable bonds is 0. The molecule has 0 saturated carbocycles. The Morgan fingerprint density at radius 3 is 3.00 bits per heavy atom. The Labute approximate surface area is 92.2 Å². The van der Waals surface area contributed by atoms with E-state index in [9.17, 15) is 0 Å². The van der Waals surface area contributed by atoms with E-state index in [1.807, 2.05) is 10.1 Å². The first kappa shape index (κ1) is 10.2. The fourth-order valence-electron chi connectivity index (χ4n) is 1.47. The second kappa shape index (κ2) is 5.55. The Balaban J connectivity index is 0.000000144. The molecule has 3 rings (SSSR count). The second-order valence-corrected chi connectivity index (χ2v) is 4.06. The summed E-state index contributed by atoms with van der Waals surface area (Å²) in [6.07, 6.45) is 6.57. The van der Waals surface area contributed by atoms with Gasteiger partial charge in [-0.2, -0.15) is 0 Å². The first-order valence-corrected chi connectivity index (χ1v) is 5.98. The number of thiazole rings is 1. The highest BCUT2D eigenvalue weighted by atomic mass is 32.1. The van der Waals surface area contributed by atoms with E-state index in [-0.39, 0.29) is 0 Å². The van der Waals surface area contributed by atoms with Gasteiger partial charge in [-0.25, -0.2) is 4.68 Å². The molecular formula is C9H13N5S. The lowest BCUT2D eigenvalue weighted by atomic mass is 10.2. The van der Waals surface area contributed by atoms with E-state index in [1.165, 1.54) is 19.3 Å². The lowest BCUT2D eigenvalue weighted by molar-refractivity contribution is 0.556. The Morgan fingerprint density at radius 2 is 2.27 bits per heavy atom. The lowest BCUT2D eigenvalue weighted by Gasteiger charge is -1.94. The minimum atomic E-state index is 1.00. The van der Waals surface area contributed by atoms with Crippen molar-refractivity contribution >= 4 is 11.3 Å². The van der Waals surface area contributed by atoms with Gasteiger partial charge in [0.15, 0.2) is 5.82 Å². The molecule has 5 nitrogen and oxygen atoms in total. The van der Waals surface area contributed by atoms with Crippen LogP contribution in [-0.4, -0.2) is 25.2 Å². The van der Waals surface area contributed by atoms with Crippen molar-refractivity contribution in [2.45, 2.75) is 32.2 Å². The topological polar surface area (TPSA) is 56.5 Å². The molecule has 0 spiro atoms. The quantitative estimate of drug-likeness (QED) is 0.680. The van der Waals surface area contributed by atoms with E-state index >= 15 is 0 Å². The molecule has 80 valence electrons. The van der Waals surface area contributed by atoms with Gasteiger partial charge in [0, 0.05) is 24.5 Å². The van der Waals surface area contributed by atoms with Gasteiger partial charge in [0.1, 0.15) is 0 Å². The number of hydrogen-bond donors (Lipinski definition) is 0. The summed E-state index contributed by atoms with van der Waals surface area (Å²) in [5.41, 5.74) is 1.79. The van der Waals surface area contributed by atoms with Crippen LogP contribution >= 0.6 is 11.3 Å². The fourth-order valence-corrected chi connectivity index (χ4v) is 1.82. The van der Waals surface area contributed by atoms with Crippen LogP contribution in [0, 0.1) is 0 Å². The standard InChI is InChI=1S/C6H10N4.C3H3NS/c1-2-4-6-7-8-9-10(6)5-3-1;1-2-5-3-4-1/h1-5H2;1-3H. The Bertz CT molecular complexity index is 332. The van der Waals surface area contributed by atoms with Gasteiger partial charge >= 0.3 is 0 Å². The molecule has 0 radical (unpaired) electrons. The third kappa shape index (κ3) is 3.09. The van der Waals surface area contributed by atoms with Crippen LogP contribution in [-0.2, 0) is 13.0 Å². The molecule has 3 heterocycles. The molecule has 0 atom stereocenters. The average molecular weight is 223 g/mol. The number of aromatic nitrogens is 5. The summed E-state index contributed by atoms with van der Waals surface area (Å²) in [5, 5.41) is 13.3. The number of hydrogen-bond acceptors (Lipinski definition) is 5. The van der Waals surface area contributed by atoms with Gasteiger partial charge in [0.05, 0.1) is 5.51 Å². The fraction of sp³-hybridized carbons (Fsp3) is 0.556. The van der Waals surface area contributed by atoms with Gasteiger partial charge in [0.2, 0.25) is 0 Å². The highest BCUT2D eigenvalue weighted by Crippen LogP contribution is 2.09. The van der Waals surface area contributed by atoms with Gasteiger partial charge in [0.25, 0.3) is 0 Å². The smallest absolute Gasteiger partial charge is 0.151 e. The van der Waals surface area contributed by atoms with Crippen LogP contribution in [0.4, 0.5) is 0 Å². The number of aryl methyl sites for hydroxylation is 2. The monoisotopic (exact) mass is 223 g/mol. The summed E-state index contributed by atoms with van der Waals surface area (Å²) in [7, 11) is 0. The molecular weight excluding hydrogens is 210 g/mol. The zero-order valence-corrected chi connectivity index (χ0v) is 9.23. The molecule has 15 heavy (non-hydrogen) atoms. The molecule has 0 bridgehead atoms. The molecule has 6 heteroatoms. The van der Waals surface area contributed by atoms with Crippen molar-refractivity contribution in [3.8, 4) is 0 Å². The second-order valence-electron chi connectivity index (χ2n) is 3.30. The SMILES string of the molecule is C1CCc2nnnn2CC1.c1cscn1. The minimum Gasteiger partial charge on any atom is -0.253 e. The maximum atomic E-state index is 3.92. The summed E-state index contributed by atoms with van der Waals surface area (Å²) in [4.78, 5) is 3.74. The Kier molecular flexibility index (Phi) is 3.78. The Hall–Kier alpha value is -1.30. The van der Waals surface area contributed by atoms with E-state index in [4.69, 9.17) is 0 Å². The Morgan fingerprint density at radius 1 is 1.27 bits per heavy atom. The highest BCUT2D eigenvalue weighted by Gasteiger charge is 2.08. The van der Waals surface area contributed by atoms with Gasteiger partial charge in [-0.1, -0.05) is 6.42 Å². The zero-order valence-electron chi connectivity index (χ0n) is 8.41. The van der Waals surface area contributed by atoms with Crippen LogP contribution in [0.3, 0.4) is 0 Å². The van der Waals surface area contributed by atoms with Gasteiger partial charge in [-0.15, -0.1) is 16.4 Å². The van der Waals surface area contributed by atoms with E-state index in [1.54, 1.807) is 23.0 Å². The third-order valence-corrected chi connectivity index (χ3v) is 2.75. The van der Waals surface area contributed by atoms with Gasteiger partial charge < -0.3 is 0 Å². The molecule has 1 aliphatic heterocycles. The summed E-state index contributed by atoms with van der Waals surface area (Å²) in [6, 6.07) is 0. The van der Waals surface area contributed by atoms with Crippen LogP contribution in [0.5, 0.6) is 0 Å². The molecule has 1 aliphatic rings. The molecule has 0 fully saturated rings. The largest absolute Gasteiger partial charge is 0.253 e. The minimum absolute atomic E-state index is 1.00. The van der Waals surface area contributed by atoms with E-state index in [0.717, 1.165) is 18.8 Å². The van der Waals surface area contributed by atoms with Crippen molar-refractivity contribution in [2.24, 2.45) is 0 Å². The molecule has 0 N–H and O–H groups in total. The van der Waals surface area contributed by atoms with Gasteiger partial charge in [-0.05, 0) is 23.3 Å². The van der Waals surface area contributed by atoms with Crippen molar-refractivity contribution in [2.75, 3.05) is 0 Å². The van der Waals surface area contributed by atoms with E-state index in [2.05, 4.69) is 20.5 Å². The van der Waals surface area contributed by atoms with Crippen LogP contribution in [0.2, 0.25) is 0 Å². The molecule has 0 unspecified atom stereocenters. The molecule has 2 aromatic heterocycles. The van der Waals surface area contributed by atoms with Crippen LogP contribution in [0.25, 0.3) is 0 Å². The zero-order chi connectivity index (χ0) is 10.3. The van der Waals surface area contributed by atoms with Crippen LogP contribution in [0.15, 0.2) is 17.1 Å². The maximum Gasteiger partial charge on any atom is 0.151 e. The van der Waals surface area contributed by atoms with Crippen molar-refractivity contribution in [1.29, 1.82) is 0 Å². The van der Waals surface area contributed by atoms with Crippen LogP contribution in [0.1, 0.15) is 25.1 Å². The average Bonchev–Trinajstić information content (AvgIpc) is 2.90. The van der Waals surface area contributed by atoms with Crippen molar-refractivity contribution in [3.05, 3.63) is 22.9 Å². The van der Waals surface area contributed by atoms with Crippen LogP contribution < -0.4 is 0 Å². The maximum absolute atomic E-state index is 3.92. The molecule has 0 aromatic carbocycles. The molecule has 2 aromatic rings. The number of tetrazole rings is 1. The van der Waals surface area contributed by atoms with Crippen molar-refractivity contribution in [1.82, 2.24) is 25.2 Å². The molecule has 0 saturated heterocycles. The summed E-state index contributed by atoms with van der Waals surface area (Å²) in [6.45, 7) is 1.00. The number of nitrogens with zero attached hydrogens (tertiary/aromatic N) is 5. The van der Waals surface area contributed by atoms with E-state index < -0.39 is 0 Å². The third-order valence-electron chi connectivity index (χ3n) is 2.22. The summed E-state index contributed by atoms with van der Waals surface area (Å²) < 4.78 is 1.91. The van der Waals surface area contributed by atoms with Gasteiger partial charge in [-0.3, -0.25) is 4.98 Å². The number of fused-ring (bicyclic) bond motifs is 1. The molecule has 0 amide bonds.